The van der Waals surface area contributed by atoms with Crippen LogP contribution in [0.2, 0.25) is 25.7 Å². The van der Waals surface area contributed by atoms with E-state index in [2.05, 4.69) is 29.9 Å². The van der Waals surface area contributed by atoms with Gasteiger partial charge in [-0.3, -0.25) is 9.78 Å². The van der Waals surface area contributed by atoms with E-state index in [0.29, 0.717) is 58.3 Å². The molecule has 0 spiro atoms. The molecule has 1 saturated carbocycles. The van der Waals surface area contributed by atoms with Crippen molar-refractivity contribution in [2.45, 2.75) is 70.7 Å². The van der Waals surface area contributed by atoms with Crippen molar-refractivity contribution >= 4 is 31.1 Å². The highest BCUT2D eigenvalue weighted by Gasteiger charge is 2.33. The van der Waals surface area contributed by atoms with Crippen LogP contribution in [0.3, 0.4) is 0 Å². The molecule has 0 radical (unpaired) electrons. The molecule has 0 bridgehead atoms. The van der Waals surface area contributed by atoms with Gasteiger partial charge in [-0.2, -0.15) is 0 Å². The number of aliphatic hydroxyl groups excluding tert-OH is 1. The second kappa shape index (κ2) is 13.4. The number of piperidine rings is 1. The minimum Gasteiger partial charge on any atom is -0.494 e. The first-order chi connectivity index (χ1) is 21.4. The second-order valence-corrected chi connectivity index (χ2v) is 18.8. The van der Waals surface area contributed by atoms with Crippen LogP contribution in [0.4, 0.5) is 9.18 Å². The summed E-state index contributed by atoms with van der Waals surface area (Å²) in [7, 11) is 0.0488. The smallest absolute Gasteiger partial charge is 0.407 e. The Balaban J connectivity index is 1.57. The van der Waals surface area contributed by atoms with Crippen LogP contribution in [-0.4, -0.2) is 90.3 Å². The average molecular weight is 643 g/mol. The maximum Gasteiger partial charge on any atom is 0.407 e. The molecule has 2 atom stereocenters. The number of aromatic nitrogens is 2. The number of methoxy groups -OCH3 is 1. The first-order valence-corrected chi connectivity index (χ1v) is 19.1. The number of rotatable bonds is 12. The van der Waals surface area contributed by atoms with Crippen LogP contribution in [-0.2, 0) is 11.5 Å². The lowest BCUT2D eigenvalue weighted by molar-refractivity contribution is 0.0391. The lowest BCUT2D eigenvalue weighted by atomic mass is 10.0. The summed E-state index contributed by atoms with van der Waals surface area (Å²) in [5, 5.41) is 22.9. The average Bonchev–Trinajstić information content (AvgIpc) is 3.77. The fraction of sp³-hybridized carbons (Fsp3) is 0.531. The number of halogens is 1. The number of hydrogen-bond donors (Lipinski definition) is 3. The first kappa shape index (κ1) is 32.7. The summed E-state index contributed by atoms with van der Waals surface area (Å²) in [5.74, 6) is -0.0880. The number of nitrogens with one attached hydrogen (secondary N) is 1. The molecule has 3 heterocycles. The van der Waals surface area contributed by atoms with Gasteiger partial charge in [0, 0.05) is 50.3 Å². The molecule has 244 valence electrons. The van der Waals surface area contributed by atoms with Crippen molar-refractivity contribution in [2.75, 3.05) is 33.4 Å². The zero-order valence-electron chi connectivity index (χ0n) is 26.6. The Hall–Kier alpha value is -3.68. The number of amides is 2. The molecule has 13 heteroatoms. The predicted molar refractivity (Wildman–Crippen MR) is 170 cm³/mol. The molecule has 11 nitrogen and oxygen atoms in total. The summed E-state index contributed by atoms with van der Waals surface area (Å²) in [4.78, 5) is 31.0. The van der Waals surface area contributed by atoms with Crippen LogP contribution >= 0.6 is 0 Å². The van der Waals surface area contributed by atoms with E-state index in [4.69, 9.17) is 14.2 Å². The summed E-state index contributed by atoms with van der Waals surface area (Å²) in [6.07, 6.45) is 1.86. The van der Waals surface area contributed by atoms with Crippen LogP contribution in [0.15, 0.2) is 24.4 Å². The van der Waals surface area contributed by atoms with Crippen LogP contribution in [0.25, 0.3) is 22.2 Å². The molecule has 3 N–H and O–H groups in total. The van der Waals surface area contributed by atoms with Crippen molar-refractivity contribution in [3.05, 3.63) is 41.5 Å². The topological polar surface area (TPSA) is 135 Å². The van der Waals surface area contributed by atoms with Crippen molar-refractivity contribution in [1.29, 1.82) is 0 Å². The molecular weight excluding hydrogens is 599 g/mol. The zero-order valence-corrected chi connectivity index (χ0v) is 27.6. The summed E-state index contributed by atoms with van der Waals surface area (Å²) in [6, 6.07) is 5.09. The van der Waals surface area contributed by atoms with Crippen molar-refractivity contribution in [3.8, 4) is 22.6 Å². The van der Waals surface area contributed by atoms with Gasteiger partial charge in [-0.15, -0.1) is 0 Å². The van der Waals surface area contributed by atoms with Gasteiger partial charge in [0.1, 0.15) is 18.0 Å². The van der Waals surface area contributed by atoms with Crippen molar-refractivity contribution in [3.63, 3.8) is 0 Å². The summed E-state index contributed by atoms with van der Waals surface area (Å²) >= 11 is 0. The van der Waals surface area contributed by atoms with Crippen molar-refractivity contribution in [1.82, 2.24) is 19.8 Å². The fourth-order valence-corrected chi connectivity index (χ4v) is 6.35. The third-order valence-electron chi connectivity index (χ3n) is 8.53. The highest BCUT2D eigenvalue weighted by molar-refractivity contribution is 6.76. The molecule has 1 saturated heterocycles. The van der Waals surface area contributed by atoms with Gasteiger partial charge in [0.05, 0.1) is 43.5 Å². The molecule has 45 heavy (non-hydrogen) atoms. The van der Waals surface area contributed by atoms with E-state index < -0.39 is 38.0 Å². The number of carbonyl (C=O) groups is 2. The van der Waals surface area contributed by atoms with E-state index in [9.17, 15) is 24.2 Å². The van der Waals surface area contributed by atoms with Gasteiger partial charge >= 0.3 is 6.09 Å². The molecule has 5 rings (SSSR count). The van der Waals surface area contributed by atoms with Gasteiger partial charge in [-0.1, -0.05) is 19.6 Å². The van der Waals surface area contributed by atoms with Gasteiger partial charge in [0.2, 0.25) is 0 Å². The van der Waals surface area contributed by atoms with E-state index in [-0.39, 0.29) is 32.0 Å². The maximum atomic E-state index is 14.9. The lowest BCUT2D eigenvalue weighted by Gasteiger charge is -2.34. The molecule has 2 fully saturated rings. The Kier molecular flexibility index (Phi) is 9.70. The van der Waals surface area contributed by atoms with Gasteiger partial charge in [0.25, 0.3) is 5.91 Å². The minimum atomic E-state index is -1.36. The fourth-order valence-electron chi connectivity index (χ4n) is 5.60. The Morgan fingerprint density at radius 3 is 2.56 bits per heavy atom. The number of carboxylic acid groups (broad SMARTS) is 1. The van der Waals surface area contributed by atoms with E-state index in [1.54, 1.807) is 12.3 Å². The monoisotopic (exact) mass is 642 g/mol. The number of β-amino-alcohol motifs (C(OH)–C–C–N with tert-alkyl or cyclic N) is 1. The van der Waals surface area contributed by atoms with E-state index in [1.165, 1.54) is 13.2 Å². The molecule has 2 amide bonds. The molecule has 2 aromatic heterocycles. The van der Waals surface area contributed by atoms with Crippen LogP contribution < -0.4 is 14.8 Å². The summed E-state index contributed by atoms with van der Waals surface area (Å²) in [6.45, 7) is 9.94. The largest absolute Gasteiger partial charge is 0.494 e. The number of likely N-dealkylation sites (tertiary alicyclic amines) is 1. The lowest BCUT2D eigenvalue weighted by Crippen LogP contribution is -2.55. The van der Waals surface area contributed by atoms with E-state index in [1.807, 2.05) is 17.6 Å². The van der Waals surface area contributed by atoms with E-state index >= 15 is 0 Å². The van der Waals surface area contributed by atoms with Gasteiger partial charge in [-0.05, 0) is 50.3 Å². The standard InChI is InChI=1S/C32H43FN4O7Si/c1-19-28(31(39)35-24-9-11-36(32(40)41)16-25(24)38)29-30(37(19)18-43-12-13-45(3,4)5)21(8-10-34-29)22-14-27(42-2)23(33)15-26(22)44-17-20-6-7-20/h8,10,14-15,20,24-25,38H,6-7,9,11-13,16-18H2,1-5H3,(H,35,39)(H,40,41). The number of carbonyl (C=O) groups excluding carboxylic acids is 1. The third kappa shape index (κ3) is 7.42. The Labute approximate surface area is 263 Å². The number of benzene rings is 1. The SMILES string of the molecule is COc1cc(-c2ccnc3c(C(=O)NC4CCN(C(=O)O)CC4O)c(C)n(COCC[Si](C)(C)C)c23)c(OCC2CC2)cc1F. The minimum absolute atomic E-state index is 0.0644. The van der Waals surface area contributed by atoms with Crippen molar-refractivity contribution < 1.29 is 38.4 Å². The number of pyridine rings is 1. The molecular formula is C32H43FN4O7Si. The zero-order chi connectivity index (χ0) is 32.5. The van der Waals surface area contributed by atoms with Gasteiger partial charge in [-0.25, -0.2) is 9.18 Å². The third-order valence-corrected chi connectivity index (χ3v) is 10.2. The molecule has 2 aliphatic rings. The normalized spacial score (nSPS) is 18.7. The van der Waals surface area contributed by atoms with Crippen LogP contribution in [0.5, 0.6) is 11.5 Å². The molecule has 1 aliphatic heterocycles. The Bertz CT molecular complexity index is 1570. The van der Waals surface area contributed by atoms with Gasteiger partial charge < -0.3 is 39.2 Å². The Morgan fingerprint density at radius 1 is 1.16 bits per heavy atom. The highest BCUT2D eigenvalue weighted by atomic mass is 28.3. The Morgan fingerprint density at radius 2 is 1.91 bits per heavy atom. The number of ether oxygens (including phenoxy) is 3. The maximum absolute atomic E-state index is 14.9. The van der Waals surface area contributed by atoms with Crippen molar-refractivity contribution in [2.24, 2.45) is 5.92 Å². The number of fused-ring (bicyclic) bond motifs is 1. The predicted octanol–water partition coefficient (Wildman–Crippen LogP) is 5.10. The number of aliphatic hydroxyl groups is 1. The number of hydrogen-bond acceptors (Lipinski definition) is 7. The van der Waals surface area contributed by atoms with Crippen LogP contribution in [0.1, 0.15) is 35.3 Å². The van der Waals surface area contributed by atoms with Gasteiger partial charge in [0.15, 0.2) is 11.6 Å². The second-order valence-electron chi connectivity index (χ2n) is 13.2. The van der Waals surface area contributed by atoms with Crippen LogP contribution in [0, 0.1) is 18.7 Å². The summed E-state index contributed by atoms with van der Waals surface area (Å²) < 4.78 is 34.5. The summed E-state index contributed by atoms with van der Waals surface area (Å²) in [5.41, 5.74) is 3.26. The molecule has 1 aliphatic carbocycles. The number of nitrogens with zero attached hydrogens (tertiary/aromatic N) is 3. The first-order valence-electron chi connectivity index (χ1n) is 15.4. The molecule has 1 aromatic carbocycles. The molecule has 3 aromatic rings. The highest BCUT2D eigenvalue weighted by Crippen LogP contribution is 2.41. The molecule has 2 unspecified atom stereocenters. The van der Waals surface area contributed by atoms with E-state index in [0.717, 1.165) is 23.8 Å². The quantitative estimate of drug-likeness (QED) is 0.183.